The van der Waals surface area contributed by atoms with Gasteiger partial charge >= 0.3 is 0 Å². The van der Waals surface area contributed by atoms with E-state index in [-0.39, 0.29) is 11.5 Å². The van der Waals surface area contributed by atoms with E-state index >= 15 is 0 Å². The fourth-order valence-corrected chi connectivity index (χ4v) is 4.71. The first kappa shape index (κ1) is 21.7. The first-order chi connectivity index (χ1) is 13.8. The van der Waals surface area contributed by atoms with Crippen molar-refractivity contribution in [3.63, 3.8) is 0 Å². The van der Waals surface area contributed by atoms with E-state index in [2.05, 4.69) is 21.2 Å². The summed E-state index contributed by atoms with van der Waals surface area (Å²) in [7, 11) is 1.44. The van der Waals surface area contributed by atoms with Crippen molar-refractivity contribution in [1.29, 1.82) is 5.26 Å². The van der Waals surface area contributed by atoms with Crippen molar-refractivity contribution in [3.8, 4) is 6.07 Å². The zero-order chi connectivity index (χ0) is 21.1. The highest BCUT2D eigenvalue weighted by Crippen LogP contribution is 2.42. The summed E-state index contributed by atoms with van der Waals surface area (Å²) in [5, 5.41) is 12.7. The molecule has 0 spiro atoms. The van der Waals surface area contributed by atoms with E-state index in [0.29, 0.717) is 27.2 Å². The highest BCUT2D eigenvalue weighted by Gasteiger charge is 2.40. The van der Waals surface area contributed by atoms with E-state index in [4.69, 9.17) is 23.2 Å². The molecule has 0 unspecified atom stereocenters. The second-order valence-electron chi connectivity index (χ2n) is 6.08. The van der Waals surface area contributed by atoms with E-state index < -0.39 is 11.2 Å². The Morgan fingerprint density at radius 1 is 1.24 bits per heavy atom. The van der Waals surface area contributed by atoms with Gasteiger partial charge in [-0.2, -0.15) is 5.26 Å². The Hall–Kier alpha value is -1.98. The van der Waals surface area contributed by atoms with Crippen LogP contribution in [-0.4, -0.2) is 24.1 Å². The Kier molecular flexibility index (Phi) is 6.91. The van der Waals surface area contributed by atoms with Crippen LogP contribution >= 0.6 is 50.9 Å². The molecule has 2 aromatic rings. The van der Waals surface area contributed by atoms with Gasteiger partial charge in [0.15, 0.2) is 0 Å². The molecule has 1 saturated heterocycles. The number of amides is 2. The molecule has 1 heterocycles. The van der Waals surface area contributed by atoms with Crippen molar-refractivity contribution in [3.05, 3.63) is 73.1 Å². The lowest BCUT2D eigenvalue weighted by Gasteiger charge is -2.18. The second kappa shape index (κ2) is 9.23. The first-order valence-electron chi connectivity index (χ1n) is 8.42. The number of likely N-dealkylation sites (N-methyl/N-ethyl adjacent to an activating group) is 1. The average Bonchev–Trinajstić information content (AvgIpc) is 3.01. The molecule has 3 rings (SSSR count). The number of hydrogen-bond acceptors (Lipinski definition) is 4. The van der Waals surface area contributed by atoms with Gasteiger partial charge in [-0.25, -0.2) is 0 Å². The average molecular weight is 511 g/mol. The zero-order valence-electron chi connectivity index (χ0n) is 15.1. The molecule has 148 valence electrons. The number of nitriles is 1. The normalized spacial score (nSPS) is 17.8. The third-order valence-electron chi connectivity index (χ3n) is 4.22. The summed E-state index contributed by atoms with van der Waals surface area (Å²) in [5.74, 6) is -0.754. The van der Waals surface area contributed by atoms with E-state index in [1.54, 1.807) is 42.5 Å². The van der Waals surface area contributed by atoms with Crippen molar-refractivity contribution in [2.24, 2.45) is 0 Å². The van der Waals surface area contributed by atoms with Crippen LogP contribution in [-0.2, 0) is 16.0 Å². The molecule has 9 heteroatoms. The lowest BCUT2D eigenvalue weighted by Crippen LogP contribution is -2.31. The monoisotopic (exact) mass is 509 g/mol. The van der Waals surface area contributed by atoms with Crippen LogP contribution in [0.15, 0.2) is 57.5 Å². The molecular formula is C20H14BrCl2N3O2S. The lowest BCUT2D eigenvalue weighted by molar-refractivity contribution is -0.117. The van der Waals surface area contributed by atoms with E-state index in [0.717, 1.165) is 10.0 Å². The Labute approximate surface area is 190 Å². The van der Waals surface area contributed by atoms with Gasteiger partial charge in [-0.15, -0.1) is 0 Å². The molecule has 0 aromatic heterocycles. The van der Waals surface area contributed by atoms with Crippen LogP contribution in [0.25, 0.3) is 0 Å². The highest BCUT2D eigenvalue weighted by molar-refractivity contribution is 9.10. The molecule has 0 radical (unpaired) electrons. The van der Waals surface area contributed by atoms with Gasteiger partial charge in [-0.1, -0.05) is 57.0 Å². The number of carbonyl (C=O) groups excluding carboxylic acids is 2. The Morgan fingerprint density at radius 3 is 2.52 bits per heavy atom. The maximum atomic E-state index is 13.2. The maximum Gasteiger partial charge on any atom is 0.264 e. The summed E-state index contributed by atoms with van der Waals surface area (Å²) < 4.78 is 0.852. The van der Waals surface area contributed by atoms with E-state index in [1.807, 2.05) is 6.07 Å². The van der Waals surface area contributed by atoms with Crippen molar-refractivity contribution >= 4 is 68.4 Å². The number of thioether (sulfide) groups is 1. The Bertz CT molecular complexity index is 1050. The number of anilines is 1. The van der Waals surface area contributed by atoms with Crippen LogP contribution in [0.2, 0.25) is 10.0 Å². The minimum atomic E-state index is -0.542. The molecule has 2 amide bonds. The molecule has 0 aliphatic carbocycles. The van der Waals surface area contributed by atoms with Gasteiger partial charge in [0.2, 0.25) is 5.91 Å². The van der Waals surface area contributed by atoms with E-state index in [1.165, 1.54) is 23.7 Å². The van der Waals surface area contributed by atoms with Crippen LogP contribution < -0.4 is 10.2 Å². The van der Waals surface area contributed by atoms with Gasteiger partial charge in [0.1, 0.15) is 16.7 Å². The Morgan fingerprint density at radius 2 is 1.93 bits per heavy atom. The minimum Gasteiger partial charge on any atom is -0.354 e. The third kappa shape index (κ3) is 4.62. The summed E-state index contributed by atoms with van der Waals surface area (Å²) in [6.07, 6.45) is 0.378. The smallest absolute Gasteiger partial charge is 0.264 e. The summed E-state index contributed by atoms with van der Waals surface area (Å²) in [6.45, 7) is 0. The first-order valence-corrected chi connectivity index (χ1v) is 10.8. The lowest BCUT2D eigenvalue weighted by atomic mass is 10.1. The predicted molar refractivity (Wildman–Crippen MR) is 120 cm³/mol. The van der Waals surface area contributed by atoms with Gasteiger partial charge in [0.05, 0.1) is 15.3 Å². The molecule has 1 fully saturated rings. The van der Waals surface area contributed by atoms with Crippen LogP contribution in [0.3, 0.4) is 0 Å². The molecule has 1 aliphatic heterocycles. The fraction of sp³-hybridized carbons (Fsp3) is 0.150. The van der Waals surface area contributed by atoms with Crippen molar-refractivity contribution in [2.75, 3.05) is 11.9 Å². The summed E-state index contributed by atoms with van der Waals surface area (Å²) in [4.78, 5) is 26.9. The molecule has 1 N–H and O–H groups in total. The van der Waals surface area contributed by atoms with Crippen molar-refractivity contribution < 1.29 is 9.59 Å². The topological polar surface area (TPSA) is 73.2 Å². The molecule has 29 heavy (non-hydrogen) atoms. The van der Waals surface area contributed by atoms with Gasteiger partial charge in [0.25, 0.3) is 5.91 Å². The third-order valence-corrected chi connectivity index (χ3v) is 6.75. The number of nitrogens with one attached hydrogen (secondary N) is 1. The number of rotatable bonds is 4. The highest BCUT2D eigenvalue weighted by atomic mass is 79.9. The van der Waals surface area contributed by atoms with Crippen LogP contribution in [0.4, 0.5) is 5.69 Å². The van der Waals surface area contributed by atoms with E-state index in [9.17, 15) is 14.9 Å². The second-order valence-corrected chi connectivity index (χ2v) is 9.00. The summed E-state index contributed by atoms with van der Waals surface area (Å²) in [6, 6.07) is 14.2. The molecular weight excluding hydrogens is 497 g/mol. The molecule has 1 aliphatic rings. The van der Waals surface area contributed by atoms with Gasteiger partial charge in [-0.05, 0) is 48.4 Å². The number of carbonyl (C=O) groups is 2. The maximum absolute atomic E-state index is 13.2. The Balaban J connectivity index is 2.03. The number of nitrogens with zero attached hydrogens (tertiary/aromatic N) is 2. The zero-order valence-corrected chi connectivity index (χ0v) is 19.0. The predicted octanol–water partition coefficient (Wildman–Crippen LogP) is 4.93. The standard InChI is InChI=1S/C20H14BrCl2N3O2S/c1-25-18(27)14(10-24)20-26(13-5-3-12(21)4-6-13)19(28)17(29-20)9-11-2-7-15(22)16(23)8-11/h2-8,17H,9H2,1H3,(H,25,27)/b20-14-/t17-/m0/s1. The van der Waals surface area contributed by atoms with Crippen LogP contribution in [0.5, 0.6) is 0 Å². The summed E-state index contributed by atoms with van der Waals surface area (Å²) in [5.41, 5.74) is 1.31. The molecule has 2 aromatic carbocycles. The van der Waals surface area contributed by atoms with Crippen molar-refractivity contribution in [1.82, 2.24) is 5.32 Å². The molecule has 1 atom stereocenters. The SMILES string of the molecule is CNC(=O)/C(C#N)=C1\S[C@@H](Cc2ccc(Cl)c(Cl)c2)C(=O)N1c1ccc(Br)cc1. The largest absolute Gasteiger partial charge is 0.354 e. The van der Waals surface area contributed by atoms with Crippen LogP contribution in [0.1, 0.15) is 5.56 Å². The number of halogens is 3. The van der Waals surface area contributed by atoms with Crippen molar-refractivity contribution in [2.45, 2.75) is 11.7 Å². The quantitative estimate of drug-likeness (QED) is 0.467. The molecule has 0 saturated carbocycles. The molecule has 5 nitrogen and oxygen atoms in total. The fourth-order valence-electron chi connectivity index (χ4n) is 2.82. The molecule has 0 bridgehead atoms. The minimum absolute atomic E-state index is 0.106. The number of hydrogen-bond donors (Lipinski definition) is 1. The van der Waals surface area contributed by atoms with Gasteiger partial charge in [-0.3, -0.25) is 14.5 Å². The van der Waals surface area contributed by atoms with Gasteiger partial charge < -0.3 is 5.32 Å². The number of benzene rings is 2. The van der Waals surface area contributed by atoms with Gasteiger partial charge in [0, 0.05) is 17.2 Å². The summed E-state index contributed by atoms with van der Waals surface area (Å²) >= 11 is 16.6. The van der Waals surface area contributed by atoms with Crippen LogP contribution in [0, 0.1) is 11.3 Å².